The van der Waals surface area contributed by atoms with E-state index < -0.39 is 0 Å². The number of anilines is 1. The van der Waals surface area contributed by atoms with E-state index in [1.165, 1.54) is 29.3 Å². The summed E-state index contributed by atoms with van der Waals surface area (Å²) in [5.41, 5.74) is 4.54. The molecule has 0 spiro atoms. The van der Waals surface area contributed by atoms with Crippen molar-refractivity contribution in [2.24, 2.45) is 0 Å². The van der Waals surface area contributed by atoms with Crippen molar-refractivity contribution in [1.29, 1.82) is 0 Å². The van der Waals surface area contributed by atoms with E-state index in [-0.39, 0.29) is 11.2 Å². The second-order valence-electron chi connectivity index (χ2n) is 6.53. The maximum atomic E-state index is 12.5. The van der Waals surface area contributed by atoms with Gasteiger partial charge in [-0.2, -0.15) is 0 Å². The number of hydrogen-bond donors (Lipinski definition) is 2. The molecule has 138 valence electrons. The molecule has 0 aliphatic heterocycles. The van der Waals surface area contributed by atoms with Crippen LogP contribution < -0.4 is 5.32 Å². The monoisotopic (exact) mass is 442 g/mol. The van der Waals surface area contributed by atoms with Gasteiger partial charge in [0.25, 0.3) is 0 Å². The van der Waals surface area contributed by atoms with Crippen LogP contribution in [0.25, 0.3) is 11.4 Å². The van der Waals surface area contributed by atoms with E-state index in [1.807, 2.05) is 37.3 Å². The van der Waals surface area contributed by atoms with Gasteiger partial charge in [0.05, 0.1) is 5.25 Å². The number of nitrogens with one attached hydrogen (secondary N) is 2. The summed E-state index contributed by atoms with van der Waals surface area (Å²) in [6, 6.07) is 14.0. The van der Waals surface area contributed by atoms with Gasteiger partial charge < -0.3 is 5.32 Å². The molecule has 0 bridgehead atoms. The molecule has 1 aromatic heterocycles. The quantitative estimate of drug-likeness (QED) is 0.554. The van der Waals surface area contributed by atoms with Crippen molar-refractivity contribution in [2.75, 3.05) is 5.32 Å². The summed E-state index contributed by atoms with van der Waals surface area (Å²) in [5, 5.41) is 10.4. The minimum absolute atomic E-state index is 0.0508. The fraction of sp³-hybridized carbons (Fsp3) is 0.250. The van der Waals surface area contributed by atoms with Crippen molar-refractivity contribution >= 4 is 39.3 Å². The van der Waals surface area contributed by atoms with Crippen LogP contribution in [-0.4, -0.2) is 26.3 Å². The van der Waals surface area contributed by atoms with Crippen molar-refractivity contribution in [2.45, 2.75) is 36.6 Å². The van der Waals surface area contributed by atoms with Gasteiger partial charge in [-0.15, -0.1) is 5.10 Å². The van der Waals surface area contributed by atoms with Crippen LogP contribution in [0.5, 0.6) is 0 Å². The number of aryl methyl sites for hydroxylation is 2. The van der Waals surface area contributed by atoms with Crippen molar-refractivity contribution < 1.29 is 4.79 Å². The predicted octanol–water partition coefficient (Wildman–Crippen LogP) is 4.84. The molecular formula is C20H19BrN4OS. The van der Waals surface area contributed by atoms with Gasteiger partial charge in [0, 0.05) is 15.7 Å². The average molecular weight is 443 g/mol. The first-order valence-corrected chi connectivity index (χ1v) is 10.5. The van der Waals surface area contributed by atoms with Crippen LogP contribution in [0.1, 0.15) is 24.5 Å². The van der Waals surface area contributed by atoms with Crippen LogP contribution in [0.15, 0.2) is 52.1 Å². The minimum Gasteiger partial charge on any atom is -0.325 e. The Morgan fingerprint density at radius 3 is 2.89 bits per heavy atom. The first-order valence-electron chi connectivity index (χ1n) is 8.87. The zero-order valence-electron chi connectivity index (χ0n) is 14.8. The Balaban J connectivity index is 1.41. The summed E-state index contributed by atoms with van der Waals surface area (Å²) in [6.45, 7) is 1.86. The molecule has 1 unspecified atom stereocenters. The Kier molecular flexibility index (Phi) is 5.31. The lowest BCUT2D eigenvalue weighted by Gasteiger charge is -2.11. The molecule has 4 rings (SSSR count). The standard InChI is InChI=1S/C20H19BrN4OS/c1-12(19(26)22-15-10-9-13-5-4-6-14(13)11-15)27-20-23-18(24-25-20)16-7-2-3-8-17(16)21/h2-3,7-12H,4-6H2,1H3,(H,22,26)(H,23,24,25). The molecule has 27 heavy (non-hydrogen) atoms. The molecule has 7 heteroatoms. The number of halogens is 1. The Morgan fingerprint density at radius 2 is 2.04 bits per heavy atom. The normalized spacial score (nSPS) is 14.0. The van der Waals surface area contributed by atoms with Gasteiger partial charge in [-0.25, -0.2) is 4.98 Å². The first-order chi connectivity index (χ1) is 13.1. The van der Waals surface area contributed by atoms with Crippen LogP contribution in [0, 0.1) is 0 Å². The molecule has 0 saturated heterocycles. The van der Waals surface area contributed by atoms with Crippen molar-refractivity contribution in [3.05, 3.63) is 58.1 Å². The molecule has 1 atom stereocenters. The second kappa shape index (κ2) is 7.86. The third-order valence-electron chi connectivity index (χ3n) is 4.61. The molecule has 1 aliphatic carbocycles. The van der Waals surface area contributed by atoms with E-state index in [0.717, 1.165) is 28.6 Å². The fourth-order valence-electron chi connectivity index (χ4n) is 3.18. The van der Waals surface area contributed by atoms with E-state index in [0.29, 0.717) is 11.0 Å². The zero-order valence-corrected chi connectivity index (χ0v) is 17.2. The highest BCUT2D eigenvalue weighted by Gasteiger charge is 2.19. The summed E-state index contributed by atoms with van der Waals surface area (Å²) in [5.74, 6) is 0.626. The molecule has 0 radical (unpaired) electrons. The molecule has 0 fully saturated rings. The molecular weight excluding hydrogens is 424 g/mol. The third-order valence-corrected chi connectivity index (χ3v) is 6.26. The van der Waals surface area contributed by atoms with E-state index in [4.69, 9.17) is 0 Å². The number of rotatable bonds is 5. The number of nitrogens with zero attached hydrogens (tertiary/aromatic N) is 2. The van der Waals surface area contributed by atoms with Gasteiger partial charge in [-0.05, 0) is 55.5 Å². The highest BCUT2D eigenvalue weighted by Crippen LogP contribution is 2.29. The zero-order chi connectivity index (χ0) is 18.8. The number of hydrogen-bond acceptors (Lipinski definition) is 4. The van der Waals surface area contributed by atoms with Crippen molar-refractivity contribution in [3.63, 3.8) is 0 Å². The maximum absolute atomic E-state index is 12.5. The van der Waals surface area contributed by atoms with Crippen molar-refractivity contribution in [1.82, 2.24) is 15.2 Å². The molecule has 1 aliphatic rings. The van der Waals surface area contributed by atoms with Crippen LogP contribution >= 0.6 is 27.7 Å². The third kappa shape index (κ3) is 4.09. The Labute approximate surface area is 170 Å². The molecule has 3 aromatic rings. The van der Waals surface area contributed by atoms with Crippen molar-refractivity contribution in [3.8, 4) is 11.4 Å². The Bertz CT molecular complexity index is 988. The Hall–Kier alpha value is -2.12. The lowest BCUT2D eigenvalue weighted by molar-refractivity contribution is -0.115. The van der Waals surface area contributed by atoms with Gasteiger partial charge >= 0.3 is 0 Å². The van der Waals surface area contributed by atoms with Crippen LogP contribution in [0.4, 0.5) is 5.69 Å². The number of benzene rings is 2. The first kappa shape index (κ1) is 18.3. The molecule has 1 amide bonds. The van der Waals surface area contributed by atoms with Gasteiger partial charge in [-0.1, -0.05) is 52.0 Å². The number of carbonyl (C=O) groups is 1. The minimum atomic E-state index is -0.305. The smallest absolute Gasteiger partial charge is 0.237 e. The van der Waals surface area contributed by atoms with E-state index >= 15 is 0 Å². The summed E-state index contributed by atoms with van der Waals surface area (Å²) < 4.78 is 0.945. The second-order valence-corrected chi connectivity index (χ2v) is 8.70. The van der Waals surface area contributed by atoms with Crippen LogP contribution in [0.3, 0.4) is 0 Å². The lowest BCUT2D eigenvalue weighted by atomic mass is 10.1. The summed E-state index contributed by atoms with van der Waals surface area (Å²) in [7, 11) is 0. The number of thioether (sulfide) groups is 1. The van der Waals surface area contributed by atoms with E-state index in [1.54, 1.807) is 0 Å². The predicted molar refractivity (Wildman–Crippen MR) is 112 cm³/mol. The number of H-pyrrole nitrogens is 1. The maximum Gasteiger partial charge on any atom is 0.237 e. The SMILES string of the molecule is CC(Sc1n[nH]c(-c2ccccc2Br)n1)C(=O)Nc1ccc2c(c1)CCC2. The highest BCUT2D eigenvalue weighted by molar-refractivity contribution is 9.10. The molecule has 1 heterocycles. The van der Waals surface area contributed by atoms with Gasteiger partial charge in [-0.3, -0.25) is 9.89 Å². The summed E-state index contributed by atoms with van der Waals surface area (Å²) >= 11 is 4.85. The topological polar surface area (TPSA) is 70.7 Å². The fourth-order valence-corrected chi connectivity index (χ4v) is 4.38. The van der Waals surface area contributed by atoms with Crippen LogP contribution in [0.2, 0.25) is 0 Å². The Morgan fingerprint density at radius 1 is 1.22 bits per heavy atom. The van der Waals surface area contributed by atoms with Gasteiger partial charge in [0.15, 0.2) is 5.82 Å². The summed E-state index contributed by atoms with van der Waals surface area (Å²) in [6.07, 6.45) is 3.43. The highest BCUT2D eigenvalue weighted by atomic mass is 79.9. The largest absolute Gasteiger partial charge is 0.325 e. The van der Waals surface area contributed by atoms with Crippen LogP contribution in [-0.2, 0) is 17.6 Å². The van der Waals surface area contributed by atoms with Gasteiger partial charge in [0.1, 0.15) is 0 Å². The van der Waals surface area contributed by atoms with E-state index in [2.05, 4.69) is 48.6 Å². The summed E-state index contributed by atoms with van der Waals surface area (Å²) in [4.78, 5) is 17.0. The number of aromatic nitrogens is 3. The molecule has 2 aromatic carbocycles. The number of carbonyl (C=O) groups excluding carboxylic acids is 1. The molecule has 2 N–H and O–H groups in total. The number of fused-ring (bicyclic) bond motifs is 1. The van der Waals surface area contributed by atoms with Gasteiger partial charge in [0.2, 0.25) is 11.1 Å². The average Bonchev–Trinajstić information content (AvgIpc) is 3.31. The molecule has 5 nitrogen and oxygen atoms in total. The molecule has 0 saturated carbocycles. The lowest BCUT2D eigenvalue weighted by Crippen LogP contribution is -2.22. The van der Waals surface area contributed by atoms with E-state index in [9.17, 15) is 4.79 Å². The number of aromatic amines is 1. The number of amides is 1.